The number of ether oxygens (including phenoxy) is 2. The van der Waals surface area contributed by atoms with E-state index in [4.69, 9.17) is 21.7 Å². The summed E-state index contributed by atoms with van der Waals surface area (Å²) in [5, 5.41) is 4.85. The molecule has 158 valence electrons. The summed E-state index contributed by atoms with van der Waals surface area (Å²) < 4.78 is 12.4. The van der Waals surface area contributed by atoms with Crippen LogP contribution in [0.3, 0.4) is 0 Å². The van der Waals surface area contributed by atoms with Crippen LogP contribution in [0.4, 0.5) is 0 Å². The molecule has 1 aliphatic rings. The molecule has 0 atom stereocenters. The van der Waals surface area contributed by atoms with Crippen molar-refractivity contribution >= 4 is 51.2 Å². The fourth-order valence-electron chi connectivity index (χ4n) is 2.90. The molecule has 8 heteroatoms. The molecule has 1 saturated heterocycles. The van der Waals surface area contributed by atoms with E-state index in [-0.39, 0.29) is 10.7 Å². The smallest absolute Gasteiger partial charge is 0.263 e. The summed E-state index contributed by atoms with van der Waals surface area (Å²) in [6.45, 7) is 5.17. The minimum atomic E-state index is -0.531. The second kappa shape index (κ2) is 11.9. The highest BCUT2D eigenvalue weighted by atomic mass is 79.9. The fourth-order valence-corrected chi connectivity index (χ4v) is 3.66. The molecule has 0 bridgehead atoms. The number of halogens is 1. The average Bonchev–Trinajstić information content (AvgIpc) is 2.66. The van der Waals surface area contributed by atoms with Crippen molar-refractivity contribution in [3.8, 4) is 11.5 Å². The Kier molecular flexibility index (Phi) is 9.60. The monoisotopic (exact) mass is 482 g/mol. The second-order valence-corrected chi connectivity index (χ2v) is 7.94. The summed E-state index contributed by atoms with van der Waals surface area (Å²) in [7, 11) is 0. The van der Waals surface area contributed by atoms with Gasteiger partial charge in [0.1, 0.15) is 5.57 Å². The first-order valence-corrected chi connectivity index (χ1v) is 11.1. The molecule has 0 saturated carbocycles. The van der Waals surface area contributed by atoms with Crippen molar-refractivity contribution in [2.75, 3.05) is 13.2 Å². The zero-order chi connectivity index (χ0) is 21.2. The van der Waals surface area contributed by atoms with Crippen LogP contribution in [0.15, 0.2) is 22.2 Å². The van der Waals surface area contributed by atoms with E-state index in [0.29, 0.717) is 34.7 Å². The summed E-state index contributed by atoms with van der Waals surface area (Å²) in [5.74, 6) is 0.126. The Morgan fingerprint density at radius 3 is 2.31 bits per heavy atom. The first-order chi connectivity index (χ1) is 14.0. The predicted octanol–water partition coefficient (Wildman–Crippen LogP) is 4.50. The van der Waals surface area contributed by atoms with E-state index in [1.165, 1.54) is 31.8 Å². The van der Waals surface area contributed by atoms with Crippen molar-refractivity contribution in [2.45, 2.75) is 52.4 Å². The van der Waals surface area contributed by atoms with E-state index >= 15 is 0 Å². The van der Waals surface area contributed by atoms with Gasteiger partial charge in [-0.15, -0.1) is 0 Å². The largest absolute Gasteiger partial charge is 0.490 e. The van der Waals surface area contributed by atoms with Crippen molar-refractivity contribution in [2.24, 2.45) is 0 Å². The Morgan fingerprint density at radius 2 is 1.66 bits per heavy atom. The van der Waals surface area contributed by atoms with Gasteiger partial charge in [-0.05, 0) is 65.3 Å². The van der Waals surface area contributed by atoms with Crippen LogP contribution in [0.5, 0.6) is 11.5 Å². The minimum absolute atomic E-state index is 0.00628. The third-order valence-electron chi connectivity index (χ3n) is 4.33. The summed E-state index contributed by atoms with van der Waals surface area (Å²) in [6.07, 6.45) is 8.61. The molecule has 29 heavy (non-hydrogen) atoms. The predicted molar refractivity (Wildman–Crippen MR) is 121 cm³/mol. The van der Waals surface area contributed by atoms with Crippen molar-refractivity contribution in [3.05, 3.63) is 27.7 Å². The third-order valence-corrected chi connectivity index (χ3v) is 5.12. The van der Waals surface area contributed by atoms with Gasteiger partial charge >= 0.3 is 0 Å². The Labute approximate surface area is 185 Å². The zero-order valence-electron chi connectivity index (χ0n) is 16.8. The number of unbranched alkanes of at least 4 members (excludes halogenated alkanes) is 5. The Bertz CT molecular complexity index is 773. The van der Waals surface area contributed by atoms with Crippen LogP contribution < -0.4 is 20.1 Å². The number of carbonyl (C=O) groups is 2. The molecule has 2 amide bonds. The highest BCUT2D eigenvalue weighted by Gasteiger charge is 2.26. The van der Waals surface area contributed by atoms with Gasteiger partial charge in [0.15, 0.2) is 16.6 Å². The lowest BCUT2D eigenvalue weighted by atomic mass is 10.1. The summed E-state index contributed by atoms with van der Waals surface area (Å²) in [5.41, 5.74) is 0.619. The molecule has 0 aliphatic carbocycles. The van der Waals surface area contributed by atoms with E-state index in [1.807, 2.05) is 6.92 Å². The average molecular weight is 483 g/mol. The number of amides is 2. The van der Waals surface area contributed by atoms with Crippen LogP contribution in [0.1, 0.15) is 57.9 Å². The van der Waals surface area contributed by atoms with E-state index < -0.39 is 11.8 Å². The highest BCUT2D eigenvalue weighted by molar-refractivity contribution is 9.10. The molecule has 0 spiro atoms. The quantitative estimate of drug-likeness (QED) is 0.210. The standard InChI is InChI=1S/C21H27BrN2O4S/c1-3-5-6-7-8-9-10-28-18-16(22)12-14(13-17(18)27-4-2)11-15-19(25)23-21(29)24-20(15)26/h11-13H,3-10H2,1-2H3,(H2,23,24,25,26,29). The molecule has 1 fully saturated rings. The molecule has 0 unspecified atom stereocenters. The van der Waals surface area contributed by atoms with Crippen LogP contribution in [-0.4, -0.2) is 30.1 Å². The molecule has 6 nitrogen and oxygen atoms in total. The molecular weight excluding hydrogens is 456 g/mol. The Hall–Kier alpha value is -1.93. The van der Waals surface area contributed by atoms with Crippen LogP contribution >= 0.6 is 28.1 Å². The first-order valence-electron chi connectivity index (χ1n) is 9.93. The summed E-state index contributed by atoms with van der Waals surface area (Å²) in [4.78, 5) is 24.1. The highest BCUT2D eigenvalue weighted by Crippen LogP contribution is 2.37. The first kappa shape index (κ1) is 23.3. The molecule has 0 aromatic heterocycles. The molecule has 1 aliphatic heterocycles. The van der Waals surface area contributed by atoms with Crippen molar-refractivity contribution in [1.29, 1.82) is 0 Å². The van der Waals surface area contributed by atoms with E-state index in [2.05, 4.69) is 33.5 Å². The molecule has 2 rings (SSSR count). The van der Waals surface area contributed by atoms with E-state index in [0.717, 1.165) is 12.8 Å². The number of carbonyl (C=O) groups excluding carboxylic acids is 2. The second-order valence-electron chi connectivity index (χ2n) is 6.67. The number of benzene rings is 1. The maximum Gasteiger partial charge on any atom is 0.263 e. The van der Waals surface area contributed by atoms with Gasteiger partial charge in [0.05, 0.1) is 17.7 Å². The lowest BCUT2D eigenvalue weighted by Crippen LogP contribution is -2.51. The van der Waals surface area contributed by atoms with E-state index in [1.54, 1.807) is 12.1 Å². The molecule has 1 aromatic rings. The van der Waals surface area contributed by atoms with Gasteiger partial charge < -0.3 is 9.47 Å². The van der Waals surface area contributed by atoms with Crippen molar-refractivity contribution in [1.82, 2.24) is 10.6 Å². The van der Waals surface area contributed by atoms with Crippen LogP contribution in [0.25, 0.3) is 6.08 Å². The normalized spacial score (nSPS) is 13.8. The van der Waals surface area contributed by atoms with Crippen molar-refractivity contribution in [3.63, 3.8) is 0 Å². The molecule has 1 heterocycles. The van der Waals surface area contributed by atoms with Crippen LogP contribution in [0, 0.1) is 0 Å². The topological polar surface area (TPSA) is 76.7 Å². The lowest BCUT2D eigenvalue weighted by molar-refractivity contribution is -0.123. The number of thiocarbonyl (C=S) groups is 1. The Balaban J connectivity index is 2.11. The van der Waals surface area contributed by atoms with Gasteiger partial charge in [0.25, 0.3) is 11.8 Å². The van der Waals surface area contributed by atoms with Gasteiger partial charge in [0, 0.05) is 0 Å². The maximum absolute atomic E-state index is 12.1. The van der Waals surface area contributed by atoms with Gasteiger partial charge in [-0.25, -0.2) is 0 Å². The van der Waals surface area contributed by atoms with Gasteiger partial charge in [0.2, 0.25) is 0 Å². The zero-order valence-corrected chi connectivity index (χ0v) is 19.2. The molecular formula is C21H27BrN2O4S. The van der Waals surface area contributed by atoms with Crippen LogP contribution in [0.2, 0.25) is 0 Å². The SMILES string of the molecule is CCCCCCCCOc1c(Br)cc(C=C2C(=O)NC(=S)NC2=O)cc1OCC. The van der Waals surface area contributed by atoms with Gasteiger partial charge in [-0.3, -0.25) is 20.2 Å². The number of rotatable bonds is 11. The minimum Gasteiger partial charge on any atom is -0.490 e. The van der Waals surface area contributed by atoms with Gasteiger partial charge in [-0.2, -0.15) is 0 Å². The van der Waals surface area contributed by atoms with E-state index in [9.17, 15) is 9.59 Å². The fraction of sp³-hybridized carbons (Fsp3) is 0.476. The molecule has 1 aromatic carbocycles. The van der Waals surface area contributed by atoms with Crippen molar-refractivity contribution < 1.29 is 19.1 Å². The lowest BCUT2D eigenvalue weighted by Gasteiger charge is -2.17. The molecule has 2 N–H and O–H groups in total. The summed E-state index contributed by atoms with van der Waals surface area (Å²) in [6, 6.07) is 3.55. The van der Waals surface area contributed by atoms with Crippen LogP contribution in [-0.2, 0) is 9.59 Å². The Morgan fingerprint density at radius 1 is 1.00 bits per heavy atom. The molecule has 0 radical (unpaired) electrons. The number of nitrogens with one attached hydrogen (secondary N) is 2. The maximum atomic E-state index is 12.1. The number of hydrogen-bond donors (Lipinski definition) is 2. The van der Waals surface area contributed by atoms with Gasteiger partial charge in [-0.1, -0.05) is 39.0 Å². The summed E-state index contributed by atoms with van der Waals surface area (Å²) >= 11 is 8.34. The number of hydrogen-bond acceptors (Lipinski definition) is 5. The third kappa shape index (κ3) is 7.12.